The molecule has 5 heteroatoms. The second-order valence-corrected chi connectivity index (χ2v) is 6.63. The molecule has 0 fully saturated rings. The molecule has 0 atom stereocenters. The van der Waals surface area contributed by atoms with Gasteiger partial charge in [-0.05, 0) is 29.8 Å². The van der Waals surface area contributed by atoms with E-state index in [9.17, 15) is 5.11 Å². The molecule has 0 aliphatic heterocycles. The summed E-state index contributed by atoms with van der Waals surface area (Å²) >= 11 is 3.36. The maximum Gasteiger partial charge on any atom is 0.124 e. The van der Waals surface area contributed by atoms with Gasteiger partial charge in [0.15, 0.2) is 0 Å². The number of thioether (sulfide) groups is 2. The van der Waals surface area contributed by atoms with Crippen molar-refractivity contribution in [1.29, 1.82) is 0 Å². The molecule has 0 spiro atoms. The van der Waals surface area contributed by atoms with Crippen LogP contribution >= 0.6 is 23.5 Å². The third kappa shape index (κ3) is 3.04. The van der Waals surface area contributed by atoms with Crippen molar-refractivity contribution in [1.82, 2.24) is 9.78 Å². The third-order valence-corrected chi connectivity index (χ3v) is 4.99. The average molecular weight is 316 g/mol. The Bertz CT molecular complexity index is 783. The van der Waals surface area contributed by atoms with Gasteiger partial charge in [-0.15, -0.1) is 23.5 Å². The summed E-state index contributed by atoms with van der Waals surface area (Å²) in [5.74, 6) is 1.17. The van der Waals surface area contributed by atoms with Crippen LogP contribution in [-0.4, -0.2) is 21.1 Å². The number of phenols is 1. The molecule has 1 aromatic heterocycles. The standard InChI is InChI=1S/C16H16N2OS2/c1-18-12(8-16(17-18)20-2)10-21-13-7-11-5-3-4-6-14(11)15(19)9-13/h3-9,19H,10H2,1-2H3. The maximum atomic E-state index is 10.1. The van der Waals surface area contributed by atoms with Crippen molar-refractivity contribution in [2.75, 3.05) is 6.26 Å². The number of phenolic OH excluding ortho intramolecular Hbond substituents is 1. The summed E-state index contributed by atoms with van der Waals surface area (Å²) in [5.41, 5.74) is 1.18. The first-order valence-corrected chi connectivity index (χ1v) is 8.80. The summed E-state index contributed by atoms with van der Waals surface area (Å²) in [5, 5.41) is 17.5. The van der Waals surface area contributed by atoms with Crippen LogP contribution in [0.25, 0.3) is 10.8 Å². The van der Waals surface area contributed by atoms with Crippen molar-refractivity contribution < 1.29 is 5.11 Å². The van der Waals surface area contributed by atoms with Gasteiger partial charge in [0.25, 0.3) is 0 Å². The topological polar surface area (TPSA) is 38.0 Å². The molecule has 0 unspecified atom stereocenters. The third-order valence-electron chi connectivity index (χ3n) is 3.36. The molecule has 3 aromatic rings. The van der Waals surface area contributed by atoms with E-state index in [-0.39, 0.29) is 0 Å². The predicted octanol–water partition coefficient (Wildman–Crippen LogP) is 4.29. The van der Waals surface area contributed by atoms with Crippen molar-refractivity contribution in [3.63, 3.8) is 0 Å². The molecule has 0 saturated heterocycles. The van der Waals surface area contributed by atoms with Crippen molar-refractivity contribution >= 4 is 34.3 Å². The second kappa shape index (κ2) is 6.03. The molecule has 1 N–H and O–H groups in total. The van der Waals surface area contributed by atoms with Crippen LogP contribution < -0.4 is 0 Å². The molecule has 3 rings (SSSR count). The zero-order valence-electron chi connectivity index (χ0n) is 11.9. The summed E-state index contributed by atoms with van der Waals surface area (Å²) in [6.45, 7) is 0. The van der Waals surface area contributed by atoms with Gasteiger partial charge < -0.3 is 5.11 Å². The Hall–Kier alpha value is -1.59. The van der Waals surface area contributed by atoms with E-state index in [1.165, 1.54) is 5.69 Å². The number of nitrogens with zero attached hydrogens (tertiary/aromatic N) is 2. The van der Waals surface area contributed by atoms with Gasteiger partial charge in [0.05, 0.1) is 0 Å². The number of aromatic nitrogens is 2. The lowest BCUT2D eigenvalue weighted by Crippen LogP contribution is -1.96. The van der Waals surface area contributed by atoms with Crippen molar-refractivity contribution in [2.24, 2.45) is 7.05 Å². The van der Waals surface area contributed by atoms with Crippen LogP contribution in [0.1, 0.15) is 5.69 Å². The first-order chi connectivity index (χ1) is 10.2. The number of rotatable bonds is 4. The van der Waals surface area contributed by atoms with E-state index >= 15 is 0 Å². The van der Waals surface area contributed by atoms with Crippen molar-refractivity contribution in [3.05, 3.63) is 48.2 Å². The fraction of sp³-hybridized carbons (Fsp3) is 0.188. The summed E-state index contributed by atoms with van der Waals surface area (Å²) in [4.78, 5) is 1.07. The van der Waals surface area contributed by atoms with E-state index in [1.54, 1.807) is 23.5 Å². The van der Waals surface area contributed by atoms with E-state index in [1.807, 2.05) is 48.3 Å². The van der Waals surface area contributed by atoms with Crippen molar-refractivity contribution in [3.8, 4) is 5.75 Å². The van der Waals surface area contributed by atoms with Gasteiger partial charge in [0.2, 0.25) is 0 Å². The first kappa shape index (κ1) is 14.4. The minimum atomic E-state index is 0.338. The van der Waals surface area contributed by atoms with Crippen LogP contribution in [-0.2, 0) is 12.8 Å². The summed E-state index contributed by atoms with van der Waals surface area (Å²) < 4.78 is 1.92. The highest BCUT2D eigenvalue weighted by Crippen LogP contribution is 2.32. The van der Waals surface area contributed by atoms with Gasteiger partial charge in [-0.2, -0.15) is 5.10 Å². The Morgan fingerprint density at radius 2 is 2.00 bits per heavy atom. The SMILES string of the molecule is CSc1cc(CSc2cc(O)c3ccccc3c2)n(C)n1. The molecule has 3 nitrogen and oxygen atoms in total. The smallest absolute Gasteiger partial charge is 0.124 e. The Labute approximate surface area is 132 Å². The normalized spacial score (nSPS) is 11.1. The van der Waals surface area contributed by atoms with Crippen LogP contribution in [0.4, 0.5) is 0 Å². The summed E-state index contributed by atoms with van der Waals surface area (Å²) in [6, 6.07) is 13.9. The van der Waals surface area contributed by atoms with E-state index in [2.05, 4.69) is 17.2 Å². The Morgan fingerprint density at radius 3 is 2.76 bits per heavy atom. The van der Waals surface area contributed by atoms with Gasteiger partial charge in [-0.1, -0.05) is 24.3 Å². The fourth-order valence-electron chi connectivity index (χ4n) is 2.22. The minimum absolute atomic E-state index is 0.338. The molecular formula is C16H16N2OS2. The largest absolute Gasteiger partial charge is 0.507 e. The molecule has 2 aromatic carbocycles. The van der Waals surface area contributed by atoms with Gasteiger partial charge in [0.1, 0.15) is 10.8 Å². The molecule has 108 valence electrons. The molecule has 0 bridgehead atoms. The Morgan fingerprint density at radius 1 is 1.19 bits per heavy atom. The molecule has 1 heterocycles. The van der Waals surface area contributed by atoms with Crippen LogP contribution in [0.5, 0.6) is 5.75 Å². The van der Waals surface area contributed by atoms with Gasteiger partial charge >= 0.3 is 0 Å². The number of hydrogen-bond donors (Lipinski definition) is 1. The summed E-state index contributed by atoms with van der Waals surface area (Å²) in [7, 11) is 1.97. The quantitative estimate of drug-likeness (QED) is 0.729. The molecule has 0 amide bonds. The zero-order chi connectivity index (χ0) is 14.8. The molecular weight excluding hydrogens is 300 g/mol. The van der Waals surface area contributed by atoms with Gasteiger partial charge in [-0.3, -0.25) is 4.68 Å². The van der Waals surface area contributed by atoms with Crippen LogP contribution in [0, 0.1) is 0 Å². The minimum Gasteiger partial charge on any atom is -0.507 e. The summed E-state index contributed by atoms with van der Waals surface area (Å²) in [6.07, 6.45) is 2.03. The maximum absolute atomic E-state index is 10.1. The fourth-order valence-corrected chi connectivity index (χ4v) is 3.66. The molecule has 21 heavy (non-hydrogen) atoms. The number of benzene rings is 2. The average Bonchev–Trinajstić information content (AvgIpc) is 2.86. The van der Waals surface area contributed by atoms with E-state index in [4.69, 9.17) is 0 Å². The van der Waals surface area contributed by atoms with Crippen molar-refractivity contribution in [2.45, 2.75) is 15.7 Å². The number of fused-ring (bicyclic) bond motifs is 1. The van der Waals surface area contributed by atoms with E-state index in [0.29, 0.717) is 5.75 Å². The Kier molecular flexibility index (Phi) is 4.12. The molecule has 0 aliphatic carbocycles. The lowest BCUT2D eigenvalue weighted by atomic mass is 10.1. The van der Waals surface area contributed by atoms with Gasteiger partial charge in [-0.25, -0.2) is 0 Å². The van der Waals surface area contributed by atoms with Crippen LogP contribution in [0.2, 0.25) is 0 Å². The zero-order valence-corrected chi connectivity index (χ0v) is 13.5. The first-order valence-electron chi connectivity index (χ1n) is 6.59. The lowest BCUT2D eigenvalue weighted by Gasteiger charge is -2.06. The van der Waals surface area contributed by atoms with Crippen LogP contribution in [0.3, 0.4) is 0 Å². The van der Waals surface area contributed by atoms with Gasteiger partial charge in [0, 0.05) is 28.8 Å². The second-order valence-electron chi connectivity index (χ2n) is 4.75. The highest BCUT2D eigenvalue weighted by atomic mass is 32.2. The number of aromatic hydroxyl groups is 1. The van der Waals surface area contributed by atoms with E-state index < -0.39 is 0 Å². The molecule has 0 radical (unpaired) electrons. The lowest BCUT2D eigenvalue weighted by molar-refractivity contribution is 0.480. The Balaban J connectivity index is 1.83. The molecule has 0 saturated carbocycles. The highest BCUT2D eigenvalue weighted by Gasteiger charge is 2.07. The number of hydrogen-bond acceptors (Lipinski definition) is 4. The molecule has 0 aliphatic rings. The van der Waals surface area contributed by atoms with E-state index in [0.717, 1.165) is 26.4 Å². The predicted molar refractivity (Wildman–Crippen MR) is 90.2 cm³/mol. The highest BCUT2D eigenvalue weighted by molar-refractivity contribution is 7.98. The monoisotopic (exact) mass is 316 g/mol. The number of aryl methyl sites for hydroxylation is 1. The van der Waals surface area contributed by atoms with Crippen LogP contribution in [0.15, 0.2) is 52.4 Å².